The Hall–Kier alpha value is -2.30. The highest BCUT2D eigenvalue weighted by molar-refractivity contribution is 5.97. The van der Waals surface area contributed by atoms with Crippen LogP contribution < -0.4 is 9.47 Å². The van der Waals surface area contributed by atoms with E-state index in [0.29, 0.717) is 17.9 Å². The van der Waals surface area contributed by atoms with Crippen LogP contribution >= 0.6 is 0 Å². The summed E-state index contributed by atoms with van der Waals surface area (Å²) in [5, 5.41) is 8.63. The lowest BCUT2D eigenvalue weighted by atomic mass is 10.1. The minimum atomic E-state index is -1.10. The maximum atomic E-state index is 11.4. The summed E-state index contributed by atoms with van der Waals surface area (Å²) in [5.74, 6) is -0.520. The highest BCUT2D eigenvalue weighted by Crippen LogP contribution is 2.25. The fourth-order valence-electron chi connectivity index (χ4n) is 1.55. The summed E-state index contributed by atoms with van der Waals surface area (Å²) in [6.45, 7) is 3.33. The minimum Gasteiger partial charge on any atom is -0.493 e. The number of ether oxygens (including phenoxy) is 2. The van der Waals surface area contributed by atoms with Gasteiger partial charge in [0, 0.05) is 6.07 Å². The molecule has 0 aliphatic carbocycles. The molecule has 1 aromatic carbocycles. The van der Waals surface area contributed by atoms with Gasteiger partial charge in [-0.25, -0.2) is 4.79 Å². The Balaban J connectivity index is 2.80. The molecule has 0 amide bonds. The molecule has 0 spiro atoms. The van der Waals surface area contributed by atoms with E-state index in [0.717, 1.165) is 6.42 Å². The molecule has 0 aliphatic rings. The van der Waals surface area contributed by atoms with Crippen LogP contribution in [0.1, 0.15) is 30.6 Å². The van der Waals surface area contributed by atoms with Gasteiger partial charge in [0.25, 0.3) is 0 Å². The zero-order chi connectivity index (χ0) is 15.0. The van der Waals surface area contributed by atoms with Crippen molar-refractivity contribution in [2.24, 2.45) is 0 Å². The van der Waals surface area contributed by atoms with E-state index in [9.17, 15) is 9.59 Å². The zero-order valence-electron chi connectivity index (χ0n) is 11.6. The van der Waals surface area contributed by atoms with Gasteiger partial charge in [0.2, 0.25) is 0 Å². The van der Waals surface area contributed by atoms with Crippen molar-refractivity contribution in [1.82, 2.24) is 0 Å². The van der Waals surface area contributed by atoms with Crippen molar-refractivity contribution in [1.29, 1.82) is 0 Å². The van der Waals surface area contributed by atoms with Gasteiger partial charge in [0.05, 0.1) is 12.2 Å². The molecule has 1 aromatic rings. The molecule has 5 heteroatoms. The van der Waals surface area contributed by atoms with E-state index in [-0.39, 0.29) is 11.5 Å². The lowest BCUT2D eigenvalue weighted by Crippen LogP contribution is -2.11. The van der Waals surface area contributed by atoms with Crippen LogP contribution in [0.5, 0.6) is 11.5 Å². The number of allylic oxidation sites excluding steroid dienone is 1. The van der Waals surface area contributed by atoms with Gasteiger partial charge in [-0.15, -0.1) is 0 Å². The lowest BCUT2D eigenvalue weighted by molar-refractivity contribution is -0.139. The minimum absolute atomic E-state index is 0.189. The Morgan fingerprint density at radius 1 is 1.30 bits per heavy atom. The van der Waals surface area contributed by atoms with E-state index in [2.05, 4.69) is 0 Å². The third kappa shape index (κ3) is 5.14. The topological polar surface area (TPSA) is 72.8 Å². The molecule has 0 heterocycles. The second-order valence-electron chi connectivity index (χ2n) is 4.10. The Kier molecular flexibility index (Phi) is 6.29. The van der Waals surface area contributed by atoms with E-state index in [1.165, 1.54) is 13.0 Å². The average Bonchev–Trinajstić information content (AvgIpc) is 2.41. The molecule has 1 rings (SSSR count). The van der Waals surface area contributed by atoms with Crippen molar-refractivity contribution in [2.75, 3.05) is 13.2 Å². The lowest BCUT2D eigenvalue weighted by Gasteiger charge is -2.11. The molecule has 0 bridgehead atoms. The Morgan fingerprint density at radius 3 is 2.65 bits per heavy atom. The highest BCUT2D eigenvalue weighted by Gasteiger charge is 2.11. The largest absolute Gasteiger partial charge is 0.493 e. The van der Waals surface area contributed by atoms with Crippen LogP contribution in [0.4, 0.5) is 0 Å². The number of carbonyl (C=O) groups is 2. The van der Waals surface area contributed by atoms with E-state index in [1.807, 2.05) is 19.1 Å². The predicted octanol–water partition coefficient (Wildman–Crippen LogP) is 2.70. The second kappa shape index (κ2) is 7.99. The molecule has 0 saturated heterocycles. The van der Waals surface area contributed by atoms with Crippen molar-refractivity contribution in [2.45, 2.75) is 20.3 Å². The van der Waals surface area contributed by atoms with Gasteiger partial charge in [-0.05, 0) is 32.4 Å². The van der Waals surface area contributed by atoms with Gasteiger partial charge < -0.3 is 14.6 Å². The Bertz CT molecular complexity index is 505. The summed E-state index contributed by atoms with van der Waals surface area (Å²) < 4.78 is 10.6. The number of hydrogen-bond acceptors (Lipinski definition) is 4. The summed E-state index contributed by atoms with van der Waals surface area (Å²) in [7, 11) is 0. The molecule has 0 aromatic heterocycles. The third-order valence-electron chi connectivity index (χ3n) is 2.47. The first-order chi connectivity index (χ1) is 9.54. The molecular weight excluding hydrogens is 260 g/mol. The third-order valence-corrected chi connectivity index (χ3v) is 2.47. The average molecular weight is 278 g/mol. The summed E-state index contributed by atoms with van der Waals surface area (Å²) in [6, 6.07) is 4.78. The molecule has 0 saturated carbocycles. The van der Waals surface area contributed by atoms with E-state index in [1.54, 1.807) is 12.1 Å². The number of Topliss-reactive ketones (excluding diaryl/α,β-unsaturated/α-hetero) is 1. The van der Waals surface area contributed by atoms with Gasteiger partial charge in [0.1, 0.15) is 11.5 Å². The van der Waals surface area contributed by atoms with Crippen LogP contribution in [0, 0.1) is 0 Å². The number of carboxylic acid groups (broad SMARTS) is 1. The fourth-order valence-corrected chi connectivity index (χ4v) is 1.55. The molecule has 0 aliphatic heterocycles. The molecule has 20 heavy (non-hydrogen) atoms. The Labute approximate surface area is 117 Å². The molecule has 0 fully saturated rings. The fraction of sp³-hybridized carbons (Fsp3) is 0.333. The van der Waals surface area contributed by atoms with Crippen molar-refractivity contribution >= 4 is 11.8 Å². The van der Waals surface area contributed by atoms with E-state index < -0.39 is 12.6 Å². The van der Waals surface area contributed by atoms with Gasteiger partial charge in [-0.3, -0.25) is 4.79 Å². The van der Waals surface area contributed by atoms with Crippen molar-refractivity contribution < 1.29 is 24.2 Å². The number of carbonyl (C=O) groups excluding carboxylic acids is 1. The monoisotopic (exact) mass is 278 g/mol. The summed E-state index contributed by atoms with van der Waals surface area (Å²) >= 11 is 0. The highest BCUT2D eigenvalue weighted by atomic mass is 16.5. The molecule has 0 atom stereocenters. The van der Waals surface area contributed by atoms with Gasteiger partial charge >= 0.3 is 5.97 Å². The summed E-state index contributed by atoms with van der Waals surface area (Å²) in [6.07, 6.45) is 4.69. The number of rotatable bonds is 8. The normalized spacial score (nSPS) is 10.5. The first-order valence-corrected chi connectivity index (χ1v) is 6.28. The standard InChI is InChI=1S/C15H18O5/c1-3-4-5-8-19-12-6-7-13(11(2)16)14(9-12)20-10-15(17)18/h3-4,6-7,9H,5,8,10H2,1-2H3,(H,17,18). The van der Waals surface area contributed by atoms with Crippen molar-refractivity contribution in [3.8, 4) is 11.5 Å². The van der Waals surface area contributed by atoms with Crippen molar-refractivity contribution in [3.63, 3.8) is 0 Å². The number of hydrogen-bond donors (Lipinski definition) is 1. The smallest absolute Gasteiger partial charge is 0.341 e. The van der Waals surface area contributed by atoms with Crippen LogP contribution in [-0.4, -0.2) is 30.1 Å². The number of carboxylic acids is 1. The maximum Gasteiger partial charge on any atom is 0.341 e. The number of ketones is 1. The van der Waals surface area contributed by atoms with E-state index >= 15 is 0 Å². The predicted molar refractivity (Wildman–Crippen MR) is 74.5 cm³/mol. The van der Waals surface area contributed by atoms with Crippen LogP contribution in [-0.2, 0) is 4.79 Å². The van der Waals surface area contributed by atoms with Crippen LogP contribution in [0.15, 0.2) is 30.4 Å². The van der Waals surface area contributed by atoms with Crippen LogP contribution in [0.3, 0.4) is 0 Å². The molecule has 108 valence electrons. The van der Waals surface area contributed by atoms with Gasteiger partial charge in [-0.2, -0.15) is 0 Å². The molecule has 1 N–H and O–H groups in total. The molecular formula is C15H18O5. The second-order valence-corrected chi connectivity index (χ2v) is 4.10. The quantitative estimate of drug-likeness (QED) is 0.449. The van der Waals surface area contributed by atoms with Gasteiger partial charge in [-0.1, -0.05) is 12.2 Å². The SMILES string of the molecule is CC=CCCOc1ccc(C(C)=O)c(OCC(=O)O)c1. The zero-order valence-corrected chi connectivity index (χ0v) is 11.6. The van der Waals surface area contributed by atoms with Gasteiger partial charge in [0.15, 0.2) is 12.4 Å². The molecule has 0 unspecified atom stereocenters. The summed E-state index contributed by atoms with van der Waals surface area (Å²) in [4.78, 5) is 22.0. The summed E-state index contributed by atoms with van der Waals surface area (Å²) in [5.41, 5.74) is 0.340. The number of aliphatic carboxylic acids is 1. The van der Waals surface area contributed by atoms with Crippen molar-refractivity contribution in [3.05, 3.63) is 35.9 Å². The van der Waals surface area contributed by atoms with E-state index in [4.69, 9.17) is 14.6 Å². The molecule has 0 radical (unpaired) electrons. The first-order valence-electron chi connectivity index (χ1n) is 6.28. The van der Waals surface area contributed by atoms with Crippen LogP contribution in [0.25, 0.3) is 0 Å². The molecule has 5 nitrogen and oxygen atoms in total. The van der Waals surface area contributed by atoms with Crippen LogP contribution in [0.2, 0.25) is 0 Å². The maximum absolute atomic E-state index is 11.4. The number of benzene rings is 1. The Morgan fingerprint density at radius 2 is 2.05 bits per heavy atom. The first kappa shape index (κ1) is 15.8.